The lowest BCUT2D eigenvalue weighted by Gasteiger charge is -2.00. The summed E-state index contributed by atoms with van der Waals surface area (Å²) in [6.45, 7) is 3.65. The highest BCUT2D eigenvalue weighted by atomic mass is 35.5. The van der Waals surface area contributed by atoms with E-state index >= 15 is 0 Å². The Hall–Kier alpha value is -2.79. The SMILES string of the molecule is Cc1ccc(-c2ccc(/C=N/NC(=O)c3ccoc3C)o2)cc1Cl. The zero-order valence-corrected chi connectivity index (χ0v) is 13.9. The molecule has 24 heavy (non-hydrogen) atoms. The van der Waals surface area contributed by atoms with Crippen molar-refractivity contribution < 1.29 is 13.6 Å². The first kappa shape index (κ1) is 16.1. The van der Waals surface area contributed by atoms with Gasteiger partial charge in [-0.15, -0.1) is 0 Å². The van der Waals surface area contributed by atoms with Crippen molar-refractivity contribution in [1.29, 1.82) is 0 Å². The van der Waals surface area contributed by atoms with Crippen LogP contribution in [0.5, 0.6) is 0 Å². The topological polar surface area (TPSA) is 67.7 Å². The van der Waals surface area contributed by atoms with Crippen LogP contribution in [-0.2, 0) is 0 Å². The van der Waals surface area contributed by atoms with Crippen molar-refractivity contribution in [2.45, 2.75) is 13.8 Å². The Bertz CT molecular complexity index is 909. The minimum atomic E-state index is -0.338. The van der Waals surface area contributed by atoms with Crippen molar-refractivity contribution in [3.05, 3.63) is 70.3 Å². The van der Waals surface area contributed by atoms with Crippen LogP contribution >= 0.6 is 11.6 Å². The van der Waals surface area contributed by atoms with Gasteiger partial charge in [-0.25, -0.2) is 5.43 Å². The molecule has 1 aromatic carbocycles. The Morgan fingerprint density at radius 1 is 1.21 bits per heavy atom. The summed E-state index contributed by atoms with van der Waals surface area (Å²) in [5, 5.41) is 4.57. The number of aryl methyl sites for hydroxylation is 2. The normalized spacial score (nSPS) is 11.1. The van der Waals surface area contributed by atoms with Crippen LogP contribution < -0.4 is 5.43 Å². The van der Waals surface area contributed by atoms with E-state index in [0.29, 0.717) is 27.9 Å². The number of halogens is 1. The summed E-state index contributed by atoms with van der Waals surface area (Å²) < 4.78 is 10.8. The molecule has 0 atom stereocenters. The van der Waals surface area contributed by atoms with Crippen LogP contribution in [0.3, 0.4) is 0 Å². The molecule has 2 aromatic heterocycles. The van der Waals surface area contributed by atoms with Gasteiger partial charge in [0, 0.05) is 10.6 Å². The number of nitrogens with zero attached hydrogens (tertiary/aromatic N) is 1. The summed E-state index contributed by atoms with van der Waals surface area (Å²) in [6.07, 6.45) is 2.89. The first-order valence-electron chi connectivity index (χ1n) is 7.28. The Kier molecular flexibility index (Phi) is 4.53. The largest absolute Gasteiger partial charge is 0.469 e. The minimum absolute atomic E-state index is 0.338. The van der Waals surface area contributed by atoms with Gasteiger partial charge in [0.1, 0.15) is 17.3 Å². The molecule has 0 radical (unpaired) electrons. The number of rotatable bonds is 4. The van der Waals surface area contributed by atoms with Gasteiger partial charge in [0.05, 0.1) is 18.0 Å². The summed E-state index contributed by atoms with van der Waals surface area (Å²) in [7, 11) is 0. The van der Waals surface area contributed by atoms with Crippen molar-refractivity contribution in [3.63, 3.8) is 0 Å². The maximum atomic E-state index is 11.9. The highest BCUT2D eigenvalue weighted by molar-refractivity contribution is 6.31. The van der Waals surface area contributed by atoms with Crippen LogP contribution in [0.1, 0.15) is 27.4 Å². The summed E-state index contributed by atoms with van der Waals surface area (Å²) in [6, 6.07) is 10.9. The van der Waals surface area contributed by atoms with Gasteiger partial charge in [-0.3, -0.25) is 4.79 Å². The van der Waals surface area contributed by atoms with Gasteiger partial charge in [0.15, 0.2) is 0 Å². The summed E-state index contributed by atoms with van der Waals surface area (Å²) in [5.74, 6) is 1.40. The molecule has 3 aromatic rings. The highest BCUT2D eigenvalue weighted by Gasteiger charge is 2.10. The first-order chi connectivity index (χ1) is 11.5. The molecule has 1 amide bonds. The predicted molar refractivity (Wildman–Crippen MR) is 92.4 cm³/mol. The molecule has 3 rings (SSSR count). The smallest absolute Gasteiger partial charge is 0.274 e. The minimum Gasteiger partial charge on any atom is -0.469 e. The van der Waals surface area contributed by atoms with E-state index in [2.05, 4.69) is 10.5 Å². The number of hydrogen-bond donors (Lipinski definition) is 1. The fraction of sp³-hybridized carbons (Fsp3) is 0.111. The third kappa shape index (κ3) is 3.41. The van der Waals surface area contributed by atoms with Crippen LogP contribution in [0.2, 0.25) is 5.02 Å². The van der Waals surface area contributed by atoms with Gasteiger partial charge >= 0.3 is 0 Å². The lowest BCUT2D eigenvalue weighted by molar-refractivity contribution is 0.0953. The molecule has 0 saturated heterocycles. The van der Waals surface area contributed by atoms with Crippen LogP contribution in [0.4, 0.5) is 0 Å². The van der Waals surface area contributed by atoms with Gasteiger partial charge in [-0.1, -0.05) is 23.7 Å². The quantitative estimate of drug-likeness (QED) is 0.557. The molecule has 1 N–H and O–H groups in total. The molecule has 0 saturated carbocycles. The Balaban J connectivity index is 1.68. The van der Waals surface area contributed by atoms with Gasteiger partial charge < -0.3 is 8.83 Å². The number of carbonyl (C=O) groups is 1. The summed E-state index contributed by atoms with van der Waals surface area (Å²) in [5.41, 5.74) is 4.76. The van der Waals surface area contributed by atoms with E-state index in [1.165, 1.54) is 12.5 Å². The van der Waals surface area contributed by atoms with Crippen LogP contribution in [0, 0.1) is 13.8 Å². The van der Waals surface area contributed by atoms with Crippen molar-refractivity contribution in [3.8, 4) is 11.3 Å². The Morgan fingerprint density at radius 3 is 2.75 bits per heavy atom. The van der Waals surface area contributed by atoms with Gasteiger partial charge in [0.2, 0.25) is 0 Å². The lowest BCUT2D eigenvalue weighted by Crippen LogP contribution is -2.17. The second-order valence-corrected chi connectivity index (χ2v) is 5.66. The predicted octanol–water partition coefficient (Wildman–Crippen LogP) is 4.57. The zero-order valence-electron chi connectivity index (χ0n) is 13.2. The number of carbonyl (C=O) groups excluding carboxylic acids is 1. The monoisotopic (exact) mass is 342 g/mol. The fourth-order valence-corrected chi connectivity index (χ4v) is 2.34. The number of nitrogens with one attached hydrogen (secondary N) is 1. The van der Waals surface area contributed by atoms with E-state index in [9.17, 15) is 4.79 Å². The number of furan rings is 2. The Labute approximate surface area is 143 Å². The van der Waals surface area contributed by atoms with E-state index in [1.807, 2.05) is 31.2 Å². The third-order valence-electron chi connectivity index (χ3n) is 3.54. The molecule has 0 aliphatic rings. The fourth-order valence-electron chi connectivity index (χ4n) is 2.16. The van der Waals surface area contributed by atoms with Crippen LogP contribution in [-0.4, -0.2) is 12.1 Å². The average molecular weight is 343 g/mol. The second kappa shape index (κ2) is 6.76. The number of amides is 1. The molecule has 0 unspecified atom stereocenters. The van der Waals surface area contributed by atoms with E-state index < -0.39 is 0 Å². The second-order valence-electron chi connectivity index (χ2n) is 5.26. The molecule has 0 aliphatic heterocycles. The molecule has 6 heteroatoms. The molecular formula is C18H15ClN2O3. The number of hydrogen-bond acceptors (Lipinski definition) is 4. The standard InChI is InChI=1S/C18H15ClN2O3/c1-11-3-4-13(9-16(11)19)17-6-5-14(24-17)10-20-21-18(22)15-7-8-23-12(15)2/h3-10H,1-2H3,(H,21,22)/b20-10+. The van der Waals surface area contributed by atoms with Crippen LogP contribution in [0.25, 0.3) is 11.3 Å². The van der Waals surface area contributed by atoms with Crippen LogP contribution in [0.15, 0.2) is 56.6 Å². The molecular weight excluding hydrogens is 328 g/mol. The highest BCUT2D eigenvalue weighted by Crippen LogP contribution is 2.26. The average Bonchev–Trinajstić information content (AvgIpc) is 3.19. The molecule has 5 nitrogen and oxygen atoms in total. The van der Waals surface area contributed by atoms with Crippen molar-refractivity contribution in [1.82, 2.24) is 5.43 Å². The number of benzene rings is 1. The van der Waals surface area contributed by atoms with Crippen molar-refractivity contribution in [2.24, 2.45) is 5.10 Å². The van der Waals surface area contributed by atoms with E-state index in [4.69, 9.17) is 20.4 Å². The van der Waals surface area contributed by atoms with E-state index in [1.54, 1.807) is 19.1 Å². The Morgan fingerprint density at radius 2 is 2.04 bits per heavy atom. The van der Waals surface area contributed by atoms with E-state index in [-0.39, 0.29) is 5.91 Å². The maximum Gasteiger partial charge on any atom is 0.274 e. The molecule has 0 fully saturated rings. The summed E-state index contributed by atoms with van der Waals surface area (Å²) in [4.78, 5) is 11.9. The first-order valence-corrected chi connectivity index (χ1v) is 7.66. The molecule has 0 spiro atoms. The third-order valence-corrected chi connectivity index (χ3v) is 3.95. The van der Waals surface area contributed by atoms with Crippen molar-refractivity contribution >= 4 is 23.7 Å². The molecule has 0 bridgehead atoms. The molecule has 122 valence electrons. The molecule has 2 heterocycles. The van der Waals surface area contributed by atoms with Gasteiger partial charge in [0.25, 0.3) is 5.91 Å². The number of hydrazone groups is 1. The van der Waals surface area contributed by atoms with E-state index in [0.717, 1.165) is 11.1 Å². The zero-order chi connectivity index (χ0) is 17.1. The summed E-state index contributed by atoms with van der Waals surface area (Å²) >= 11 is 6.13. The lowest BCUT2D eigenvalue weighted by atomic mass is 10.1. The van der Waals surface area contributed by atoms with Gasteiger partial charge in [-0.05, 0) is 43.7 Å². The van der Waals surface area contributed by atoms with Crippen molar-refractivity contribution in [2.75, 3.05) is 0 Å². The van der Waals surface area contributed by atoms with Gasteiger partial charge in [-0.2, -0.15) is 5.10 Å². The molecule has 0 aliphatic carbocycles. The maximum absolute atomic E-state index is 11.9.